The smallest absolute Gasteiger partial charge is 0.298 e. The van der Waals surface area contributed by atoms with Crippen molar-refractivity contribution in [1.82, 2.24) is 9.13 Å². The lowest BCUT2D eigenvalue weighted by Gasteiger charge is -2.01. The Morgan fingerprint density at radius 2 is 1.88 bits per heavy atom. The molecular formula is C13H16N2O2. The molecule has 1 heterocycles. The predicted octanol–water partition coefficient (Wildman–Crippen LogP) is 1.71. The van der Waals surface area contributed by atoms with E-state index < -0.39 is 0 Å². The summed E-state index contributed by atoms with van der Waals surface area (Å²) in [6.45, 7) is 2.14. The molecule has 0 aliphatic heterocycles. The summed E-state index contributed by atoms with van der Waals surface area (Å²) in [7, 11) is 1.73. The van der Waals surface area contributed by atoms with E-state index in [-0.39, 0.29) is 18.0 Å². The number of nitrogens with zero attached hydrogens (tertiary/aromatic N) is 2. The minimum Gasteiger partial charge on any atom is -0.298 e. The summed E-state index contributed by atoms with van der Waals surface area (Å²) in [6.07, 6.45) is 1.34. The van der Waals surface area contributed by atoms with Crippen molar-refractivity contribution in [3.8, 4) is 0 Å². The Labute approximate surface area is 99.5 Å². The van der Waals surface area contributed by atoms with E-state index in [1.807, 2.05) is 31.2 Å². The number of para-hydroxylation sites is 2. The van der Waals surface area contributed by atoms with Crippen molar-refractivity contribution in [3.05, 3.63) is 34.7 Å². The number of Topliss-reactive ketones (excluding diaryl/α,β-unsaturated/α-hetero) is 1. The molecule has 0 bridgehead atoms. The second kappa shape index (κ2) is 4.57. The van der Waals surface area contributed by atoms with Crippen LogP contribution in [0.25, 0.3) is 11.0 Å². The first-order valence-electron chi connectivity index (χ1n) is 5.81. The number of hydrogen-bond donors (Lipinski definition) is 0. The van der Waals surface area contributed by atoms with E-state index in [1.54, 1.807) is 16.2 Å². The highest BCUT2D eigenvalue weighted by atomic mass is 16.2. The number of ketones is 1. The quantitative estimate of drug-likeness (QED) is 0.805. The van der Waals surface area contributed by atoms with Gasteiger partial charge in [0, 0.05) is 13.5 Å². The van der Waals surface area contributed by atoms with Gasteiger partial charge in [0.15, 0.2) is 5.78 Å². The monoisotopic (exact) mass is 232 g/mol. The highest BCUT2D eigenvalue weighted by molar-refractivity contribution is 5.82. The molecule has 17 heavy (non-hydrogen) atoms. The minimum atomic E-state index is -0.129. The molecule has 0 fully saturated rings. The van der Waals surface area contributed by atoms with Crippen LogP contribution in [0, 0.1) is 0 Å². The standard InChI is InChI=1S/C13H16N2O2/c1-3-6-10(16)9-15-12-8-5-4-7-11(12)14(2)13(15)17/h4-5,7-8H,3,6,9H2,1-2H3. The van der Waals surface area contributed by atoms with Crippen molar-refractivity contribution in [2.24, 2.45) is 7.05 Å². The molecule has 4 nitrogen and oxygen atoms in total. The number of rotatable bonds is 4. The summed E-state index contributed by atoms with van der Waals surface area (Å²) < 4.78 is 3.13. The molecule has 0 aliphatic rings. The van der Waals surface area contributed by atoms with Gasteiger partial charge in [0.05, 0.1) is 17.6 Å². The van der Waals surface area contributed by atoms with Crippen LogP contribution >= 0.6 is 0 Å². The summed E-state index contributed by atoms with van der Waals surface area (Å²) in [6, 6.07) is 7.52. The van der Waals surface area contributed by atoms with Crippen molar-refractivity contribution in [1.29, 1.82) is 0 Å². The van der Waals surface area contributed by atoms with E-state index in [4.69, 9.17) is 0 Å². The average Bonchev–Trinajstić information content (AvgIpc) is 2.56. The van der Waals surface area contributed by atoms with Crippen molar-refractivity contribution < 1.29 is 4.79 Å². The number of carbonyl (C=O) groups is 1. The largest absolute Gasteiger partial charge is 0.329 e. The fourth-order valence-corrected chi connectivity index (χ4v) is 2.05. The van der Waals surface area contributed by atoms with Crippen LogP contribution in [0.3, 0.4) is 0 Å². The lowest BCUT2D eigenvalue weighted by Crippen LogP contribution is -2.25. The Morgan fingerprint density at radius 3 is 2.53 bits per heavy atom. The molecule has 0 saturated heterocycles. The topological polar surface area (TPSA) is 44.0 Å². The van der Waals surface area contributed by atoms with Crippen LogP contribution in [0.15, 0.2) is 29.1 Å². The second-order valence-electron chi connectivity index (χ2n) is 4.21. The number of carbonyl (C=O) groups excluding carboxylic acids is 1. The second-order valence-corrected chi connectivity index (χ2v) is 4.21. The number of fused-ring (bicyclic) bond motifs is 1. The molecule has 0 amide bonds. The molecule has 1 aromatic carbocycles. The van der Waals surface area contributed by atoms with Gasteiger partial charge >= 0.3 is 5.69 Å². The van der Waals surface area contributed by atoms with E-state index in [2.05, 4.69) is 0 Å². The first-order chi connectivity index (χ1) is 8.15. The van der Waals surface area contributed by atoms with Crippen LogP contribution in [0.2, 0.25) is 0 Å². The third-order valence-electron chi connectivity index (χ3n) is 2.92. The van der Waals surface area contributed by atoms with Crippen molar-refractivity contribution in [2.75, 3.05) is 0 Å². The van der Waals surface area contributed by atoms with Gasteiger partial charge in [0.25, 0.3) is 0 Å². The lowest BCUT2D eigenvalue weighted by atomic mass is 10.2. The first-order valence-corrected chi connectivity index (χ1v) is 5.81. The molecule has 0 atom stereocenters. The van der Waals surface area contributed by atoms with Crippen LogP contribution in [0.5, 0.6) is 0 Å². The van der Waals surface area contributed by atoms with Crippen LogP contribution in [0.4, 0.5) is 0 Å². The maximum atomic E-state index is 12.0. The van der Waals surface area contributed by atoms with E-state index in [0.29, 0.717) is 6.42 Å². The molecule has 2 aromatic rings. The van der Waals surface area contributed by atoms with Gasteiger partial charge in [-0.25, -0.2) is 4.79 Å². The minimum absolute atomic E-state index is 0.103. The van der Waals surface area contributed by atoms with Crippen molar-refractivity contribution in [2.45, 2.75) is 26.3 Å². The molecule has 0 saturated carbocycles. The van der Waals surface area contributed by atoms with Crippen LogP contribution in [0.1, 0.15) is 19.8 Å². The summed E-state index contributed by atoms with van der Waals surface area (Å²) in [5, 5.41) is 0. The fourth-order valence-electron chi connectivity index (χ4n) is 2.05. The van der Waals surface area contributed by atoms with E-state index >= 15 is 0 Å². The van der Waals surface area contributed by atoms with Gasteiger partial charge in [-0.2, -0.15) is 0 Å². The zero-order chi connectivity index (χ0) is 12.4. The molecule has 0 radical (unpaired) electrons. The van der Waals surface area contributed by atoms with Gasteiger partial charge in [-0.1, -0.05) is 19.1 Å². The van der Waals surface area contributed by atoms with Crippen LogP contribution in [-0.4, -0.2) is 14.9 Å². The van der Waals surface area contributed by atoms with Gasteiger partial charge in [-0.05, 0) is 18.6 Å². The van der Waals surface area contributed by atoms with Crippen molar-refractivity contribution >= 4 is 16.8 Å². The predicted molar refractivity (Wildman–Crippen MR) is 67.1 cm³/mol. The summed E-state index contributed by atoms with van der Waals surface area (Å²) in [5.41, 5.74) is 1.56. The van der Waals surface area contributed by atoms with Crippen LogP contribution in [-0.2, 0) is 18.4 Å². The van der Waals surface area contributed by atoms with Gasteiger partial charge in [-0.15, -0.1) is 0 Å². The number of imidazole rings is 1. The third kappa shape index (κ3) is 2.02. The number of aryl methyl sites for hydroxylation is 1. The molecule has 2 rings (SSSR count). The summed E-state index contributed by atoms with van der Waals surface area (Å²) in [4.78, 5) is 23.7. The van der Waals surface area contributed by atoms with Crippen LogP contribution < -0.4 is 5.69 Å². The Bertz CT molecular complexity index is 607. The van der Waals surface area contributed by atoms with Gasteiger partial charge in [0.2, 0.25) is 0 Å². The summed E-state index contributed by atoms with van der Waals surface area (Å²) >= 11 is 0. The Morgan fingerprint density at radius 1 is 1.24 bits per heavy atom. The Balaban J connectivity index is 2.50. The molecule has 90 valence electrons. The Hall–Kier alpha value is -1.84. The molecule has 0 spiro atoms. The Kier molecular flexibility index (Phi) is 3.13. The number of aromatic nitrogens is 2. The summed E-state index contributed by atoms with van der Waals surface area (Å²) in [5.74, 6) is 0.103. The number of benzene rings is 1. The molecule has 0 N–H and O–H groups in total. The third-order valence-corrected chi connectivity index (χ3v) is 2.92. The highest BCUT2D eigenvalue weighted by Gasteiger charge is 2.12. The molecule has 4 heteroatoms. The van der Waals surface area contributed by atoms with Gasteiger partial charge < -0.3 is 0 Å². The molecule has 1 aromatic heterocycles. The zero-order valence-electron chi connectivity index (χ0n) is 10.1. The molecular weight excluding hydrogens is 216 g/mol. The van der Waals surface area contributed by atoms with E-state index in [9.17, 15) is 9.59 Å². The maximum Gasteiger partial charge on any atom is 0.329 e. The van der Waals surface area contributed by atoms with E-state index in [1.165, 1.54) is 0 Å². The molecule has 0 unspecified atom stereocenters. The van der Waals surface area contributed by atoms with E-state index in [0.717, 1.165) is 17.5 Å². The zero-order valence-corrected chi connectivity index (χ0v) is 10.1. The molecule has 0 aliphatic carbocycles. The van der Waals surface area contributed by atoms with Gasteiger partial charge in [0.1, 0.15) is 0 Å². The first kappa shape index (κ1) is 11.6. The maximum absolute atomic E-state index is 12.0. The lowest BCUT2D eigenvalue weighted by molar-refractivity contribution is -0.119. The SMILES string of the molecule is CCCC(=O)Cn1c(=O)n(C)c2ccccc21. The normalized spacial score (nSPS) is 10.9. The fraction of sp³-hybridized carbons (Fsp3) is 0.385. The highest BCUT2D eigenvalue weighted by Crippen LogP contribution is 2.11. The number of hydrogen-bond acceptors (Lipinski definition) is 2. The van der Waals surface area contributed by atoms with Crippen molar-refractivity contribution in [3.63, 3.8) is 0 Å². The average molecular weight is 232 g/mol. The van der Waals surface area contributed by atoms with Gasteiger partial charge in [-0.3, -0.25) is 13.9 Å².